The second-order valence-corrected chi connectivity index (χ2v) is 9.75. The molecule has 3 nitrogen and oxygen atoms in total. The first-order chi connectivity index (χ1) is 15.2. The monoisotopic (exact) mass is 450 g/mol. The maximum atomic E-state index is 13.0. The highest BCUT2D eigenvalue weighted by Crippen LogP contribution is 2.32. The van der Waals surface area contributed by atoms with Crippen molar-refractivity contribution >= 4 is 29.2 Å². The third-order valence-electron chi connectivity index (χ3n) is 5.42. The first-order valence-electron chi connectivity index (χ1n) is 10.4. The lowest BCUT2D eigenvalue weighted by atomic mass is 9.87. The third-order valence-corrected chi connectivity index (χ3v) is 6.14. The van der Waals surface area contributed by atoms with E-state index in [0.717, 1.165) is 22.4 Å². The fourth-order valence-electron chi connectivity index (χ4n) is 3.68. The fourth-order valence-corrected chi connectivity index (χ4v) is 4.18. The van der Waals surface area contributed by atoms with E-state index in [-0.39, 0.29) is 11.3 Å². The molecule has 1 aliphatic heterocycles. The van der Waals surface area contributed by atoms with Crippen molar-refractivity contribution in [1.82, 2.24) is 0 Å². The number of aliphatic imine (C=N–C) groups is 1. The minimum absolute atomic E-state index is 0.00340. The van der Waals surface area contributed by atoms with E-state index in [1.165, 1.54) is 0 Å². The van der Waals surface area contributed by atoms with Crippen LogP contribution in [0.4, 0.5) is 14.5 Å². The molecule has 1 aliphatic rings. The van der Waals surface area contributed by atoms with Gasteiger partial charge in [-0.05, 0) is 52.9 Å². The summed E-state index contributed by atoms with van der Waals surface area (Å²) in [7, 11) is 0. The molecule has 4 rings (SSSR count). The number of carbonyl (C=O) groups excluding carboxylic acids is 1. The van der Waals surface area contributed by atoms with Gasteiger partial charge in [-0.25, -0.2) is 0 Å². The Morgan fingerprint density at radius 1 is 0.969 bits per heavy atom. The molecule has 6 heteroatoms. The Bertz CT molecular complexity index is 1150. The molecule has 32 heavy (non-hydrogen) atoms. The number of hydrogen-bond donors (Lipinski definition) is 0. The van der Waals surface area contributed by atoms with Gasteiger partial charge >= 0.3 is 0 Å². The van der Waals surface area contributed by atoms with E-state index in [2.05, 4.69) is 25.8 Å². The molecule has 3 aromatic carbocycles. The van der Waals surface area contributed by atoms with Crippen LogP contribution in [0, 0.1) is 0 Å². The zero-order valence-corrected chi connectivity index (χ0v) is 19.0. The number of hydrogen-bond acceptors (Lipinski definition) is 2. The Morgan fingerprint density at radius 3 is 2.25 bits per heavy atom. The molecule has 0 radical (unpaired) electrons. The molecule has 0 aromatic heterocycles. The number of alkyl halides is 2. The van der Waals surface area contributed by atoms with Gasteiger partial charge in [-0.15, -0.1) is 0 Å². The van der Waals surface area contributed by atoms with Crippen LogP contribution >= 0.6 is 11.8 Å². The van der Waals surface area contributed by atoms with Gasteiger partial charge in [0.05, 0.1) is 6.54 Å². The van der Waals surface area contributed by atoms with Gasteiger partial charge in [0.15, 0.2) is 0 Å². The Morgan fingerprint density at radius 2 is 1.62 bits per heavy atom. The summed E-state index contributed by atoms with van der Waals surface area (Å²) in [6.45, 7) is 6.94. The molecular weight excluding hydrogens is 426 g/mol. The highest BCUT2D eigenvalue weighted by Gasteiger charge is 2.27. The number of amides is 1. The molecule has 164 valence electrons. The number of carbonyl (C=O) groups is 1. The van der Waals surface area contributed by atoms with Crippen LogP contribution in [0.15, 0.2) is 82.7 Å². The van der Waals surface area contributed by atoms with E-state index < -0.39 is 5.76 Å². The molecule has 0 atom stereocenters. The number of nitrogens with zero attached hydrogens (tertiary/aromatic N) is 2. The van der Waals surface area contributed by atoms with Crippen molar-refractivity contribution in [2.75, 3.05) is 4.90 Å². The Balaban J connectivity index is 1.67. The molecule has 1 amide bonds. The van der Waals surface area contributed by atoms with Crippen molar-refractivity contribution in [3.63, 3.8) is 0 Å². The third kappa shape index (κ3) is 4.75. The number of fused-ring (bicyclic) bond motifs is 1. The average molecular weight is 451 g/mol. The van der Waals surface area contributed by atoms with Gasteiger partial charge in [0.25, 0.3) is 11.7 Å². The van der Waals surface area contributed by atoms with Gasteiger partial charge in [0.2, 0.25) is 0 Å². The molecule has 0 aliphatic carbocycles. The topological polar surface area (TPSA) is 32.7 Å². The largest absolute Gasteiger partial charge is 0.321 e. The Hall–Kier alpha value is -2.99. The summed E-state index contributed by atoms with van der Waals surface area (Å²) < 4.78 is 25.3. The summed E-state index contributed by atoms with van der Waals surface area (Å²) in [6.07, 6.45) is 0. The predicted molar refractivity (Wildman–Crippen MR) is 127 cm³/mol. The number of benzene rings is 3. The van der Waals surface area contributed by atoms with Gasteiger partial charge in [-0.3, -0.25) is 4.79 Å². The maximum absolute atomic E-state index is 13.0. The Kier molecular flexibility index (Phi) is 6.15. The summed E-state index contributed by atoms with van der Waals surface area (Å²) in [5.41, 5.74) is 4.44. The number of thioether (sulfide) groups is 1. The van der Waals surface area contributed by atoms with Gasteiger partial charge in [0.1, 0.15) is 5.84 Å². The van der Waals surface area contributed by atoms with E-state index in [1.807, 2.05) is 53.4 Å². The molecule has 0 saturated heterocycles. The minimum atomic E-state index is -2.46. The second kappa shape index (κ2) is 8.87. The van der Waals surface area contributed by atoms with Crippen LogP contribution in [-0.2, 0) is 12.0 Å². The van der Waals surface area contributed by atoms with Crippen LogP contribution in [0.2, 0.25) is 0 Å². The van der Waals surface area contributed by atoms with Crippen LogP contribution in [-0.4, -0.2) is 17.5 Å². The van der Waals surface area contributed by atoms with Crippen molar-refractivity contribution in [2.45, 2.75) is 43.4 Å². The van der Waals surface area contributed by atoms with Gasteiger partial charge in [-0.1, -0.05) is 68.9 Å². The van der Waals surface area contributed by atoms with E-state index in [9.17, 15) is 13.6 Å². The van der Waals surface area contributed by atoms with Crippen LogP contribution in [0.1, 0.15) is 47.8 Å². The number of anilines is 1. The molecule has 0 unspecified atom stereocenters. The standard InChI is InChI=1S/C26H24F2N2OS/c1-26(2,3)19-10-8-17(9-11-19)24(31)29-23-22-7-5-4-6-18(22)16-30(23)20-12-14-21(15-13-20)32-25(27)28/h4-15,25H,16H2,1-3H3. The molecule has 3 aromatic rings. The lowest BCUT2D eigenvalue weighted by molar-refractivity contribution is 0.100. The molecule has 0 spiro atoms. The first kappa shape index (κ1) is 22.2. The molecule has 0 saturated carbocycles. The zero-order chi connectivity index (χ0) is 22.9. The molecule has 0 N–H and O–H groups in total. The number of halogens is 2. The minimum Gasteiger partial charge on any atom is -0.321 e. The lowest BCUT2D eigenvalue weighted by Crippen LogP contribution is -2.25. The summed E-state index contributed by atoms with van der Waals surface area (Å²) in [4.78, 5) is 20.0. The van der Waals surface area contributed by atoms with Crippen LogP contribution in [0.3, 0.4) is 0 Å². The maximum Gasteiger partial charge on any atom is 0.288 e. The lowest BCUT2D eigenvalue weighted by Gasteiger charge is -2.20. The normalized spacial score (nSPS) is 14.8. The van der Waals surface area contributed by atoms with Crippen LogP contribution in [0.5, 0.6) is 0 Å². The van der Waals surface area contributed by atoms with Gasteiger partial charge in [-0.2, -0.15) is 13.8 Å². The quantitative estimate of drug-likeness (QED) is 0.405. The summed E-state index contributed by atoms with van der Waals surface area (Å²) >= 11 is 0.512. The van der Waals surface area contributed by atoms with Crippen molar-refractivity contribution in [3.8, 4) is 0 Å². The summed E-state index contributed by atoms with van der Waals surface area (Å²) in [5, 5.41) is 0. The number of amidine groups is 1. The van der Waals surface area contributed by atoms with Crippen molar-refractivity contribution in [3.05, 3.63) is 95.1 Å². The smallest absolute Gasteiger partial charge is 0.288 e. The number of rotatable bonds is 4. The average Bonchev–Trinajstić information content (AvgIpc) is 3.12. The summed E-state index contributed by atoms with van der Waals surface area (Å²) in [6, 6.07) is 22.3. The highest BCUT2D eigenvalue weighted by atomic mass is 32.2. The second-order valence-electron chi connectivity index (χ2n) is 8.68. The van der Waals surface area contributed by atoms with E-state index >= 15 is 0 Å². The van der Waals surface area contributed by atoms with Crippen molar-refractivity contribution < 1.29 is 13.6 Å². The van der Waals surface area contributed by atoms with Crippen LogP contribution < -0.4 is 4.90 Å². The molecular formula is C26H24F2N2OS. The van der Waals surface area contributed by atoms with E-state index in [1.54, 1.807) is 24.3 Å². The predicted octanol–water partition coefficient (Wildman–Crippen LogP) is 6.91. The van der Waals surface area contributed by atoms with Crippen molar-refractivity contribution in [1.29, 1.82) is 0 Å². The fraction of sp³-hybridized carbons (Fsp3) is 0.231. The van der Waals surface area contributed by atoms with Gasteiger partial charge < -0.3 is 4.90 Å². The summed E-state index contributed by atoms with van der Waals surface area (Å²) in [5.74, 6) is -2.21. The molecule has 0 bridgehead atoms. The Labute approximate surface area is 191 Å². The molecule has 0 fully saturated rings. The SMILES string of the molecule is CC(C)(C)c1ccc(C(=O)N=C2c3ccccc3CN2c2ccc(SC(F)F)cc2)cc1. The van der Waals surface area contributed by atoms with E-state index in [0.29, 0.717) is 34.6 Å². The molecule has 1 heterocycles. The zero-order valence-electron chi connectivity index (χ0n) is 18.2. The first-order valence-corrected chi connectivity index (χ1v) is 11.2. The van der Waals surface area contributed by atoms with Gasteiger partial charge in [0, 0.05) is 21.7 Å². The van der Waals surface area contributed by atoms with Crippen LogP contribution in [0.25, 0.3) is 0 Å². The van der Waals surface area contributed by atoms with E-state index in [4.69, 9.17) is 0 Å². The van der Waals surface area contributed by atoms with Crippen molar-refractivity contribution in [2.24, 2.45) is 4.99 Å². The highest BCUT2D eigenvalue weighted by molar-refractivity contribution is 7.99.